The third kappa shape index (κ3) is 3.46. The van der Waals surface area contributed by atoms with E-state index in [-0.39, 0.29) is 6.54 Å². The zero-order valence-corrected chi connectivity index (χ0v) is 11.6. The largest absolute Gasteiger partial charge is 0.480 e. The predicted molar refractivity (Wildman–Crippen MR) is 67.6 cm³/mol. The number of aliphatic carboxylic acids is 1. The first kappa shape index (κ1) is 15.0. The molecule has 0 aliphatic carbocycles. The van der Waals surface area contributed by atoms with Gasteiger partial charge >= 0.3 is 12.0 Å². The van der Waals surface area contributed by atoms with Crippen LogP contribution in [0.15, 0.2) is 10.6 Å². The van der Waals surface area contributed by atoms with Crippen LogP contribution in [0.25, 0.3) is 0 Å². The van der Waals surface area contributed by atoms with E-state index in [1.54, 1.807) is 19.9 Å². The molecule has 106 valence electrons. The molecule has 2 amide bonds. The van der Waals surface area contributed by atoms with Gasteiger partial charge in [0.25, 0.3) is 0 Å². The van der Waals surface area contributed by atoms with Gasteiger partial charge in [0.15, 0.2) is 0 Å². The molecule has 19 heavy (non-hydrogen) atoms. The fourth-order valence-electron chi connectivity index (χ4n) is 1.67. The number of aryl methyl sites for hydroxylation is 1. The minimum atomic E-state index is -1.27. The highest BCUT2D eigenvalue weighted by Gasteiger charge is 2.36. The number of carboxylic acid groups (broad SMARTS) is 1. The smallest absolute Gasteiger partial charge is 0.329 e. The molecule has 0 radical (unpaired) electrons. The number of amides is 2. The molecule has 0 atom stereocenters. The highest BCUT2D eigenvalue weighted by molar-refractivity contribution is 5.85. The Balaban J connectivity index is 2.67. The SMILES string of the molecule is CCN(C(=O)NCc1cc(C)on1)C(C)(C)C(=O)O. The van der Waals surface area contributed by atoms with Gasteiger partial charge in [0, 0.05) is 12.6 Å². The lowest BCUT2D eigenvalue weighted by atomic mass is 10.0. The molecule has 0 spiro atoms. The third-order valence-corrected chi connectivity index (χ3v) is 2.86. The van der Waals surface area contributed by atoms with Crippen LogP contribution in [0.1, 0.15) is 32.2 Å². The number of nitrogens with one attached hydrogen (secondary N) is 1. The van der Waals surface area contributed by atoms with Gasteiger partial charge in [-0.05, 0) is 27.7 Å². The fraction of sp³-hybridized carbons (Fsp3) is 0.583. The lowest BCUT2D eigenvalue weighted by Crippen LogP contribution is -2.55. The number of nitrogens with zero attached hydrogens (tertiary/aromatic N) is 2. The van der Waals surface area contributed by atoms with E-state index >= 15 is 0 Å². The standard InChI is InChI=1S/C12H19N3O4/c1-5-15(12(3,4)10(16)17)11(18)13-7-9-6-8(2)19-14-9/h6H,5,7H2,1-4H3,(H,13,18)(H,16,17). The van der Waals surface area contributed by atoms with Crippen molar-refractivity contribution in [3.05, 3.63) is 17.5 Å². The number of carbonyl (C=O) groups excluding carboxylic acids is 1. The lowest BCUT2D eigenvalue weighted by molar-refractivity contribution is -0.147. The molecule has 0 aliphatic heterocycles. The van der Waals surface area contributed by atoms with Gasteiger partial charge < -0.3 is 19.8 Å². The van der Waals surface area contributed by atoms with Gasteiger partial charge in [0.2, 0.25) is 0 Å². The van der Waals surface area contributed by atoms with Crippen LogP contribution in [0.3, 0.4) is 0 Å². The Morgan fingerprint density at radius 2 is 2.16 bits per heavy atom. The van der Waals surface area contributed by atoms with E-state index in [1.165, 1.54) is 18.7 Å². The second-order valence-electron chi connectivity index (χ2n) is 4.70. The molecule has 0 aromatic carbocycles. The molecular formula is C12H19N3O4. The second-order valence-corrected chi connectivity index (χ2v) is 4.70. The summed E-state index contributed by atoms with van der Waals surface area (Å²) in [6, 6.07) is 1.26. The Hall–Kier alpha value is -2.05. The maximum absolute atomic E-state index is 12.0. The first-order valence-corrected chi connectivity index (χ1v) is 6.00. The Labute approximate surface area is 111 Å². The van der Waals surface area contributed by atoms with Gasteiger partial charge in [-0.1, -0.05) is 5.16 Å². The fourth-order valence-corrected chi connectivity index (χ4v) is 1.67. The van der Waals surface area contributed by atoms with E-state index in [4.69, 9.17) is 9.63 Å². The summed E-state index contributed by atoms with van der Waals surface area (Å²) < 4.78 is 4.88. The summed E-state index contributed by atoms with van der Waals surface area (Å²) in [7, 11) is 0. The lowest BCUT2D eigenvalue weighted by Gasteiger charge is -2.34. The van der Waals surface area contributed by atoms with E-state index in [1.807, 2.05) is 0 Å². The highest BCUT2D eigenvalue weighted by Crippen LogP contribution is 2.14. The summed E-state index contributed by atoms with van der Waals surface area (Å²) in [5.74, 6) is -0.399. The van der Waals surface area contributed by atoms with E-state index in [0.29, 0.717) is 18.0 Å². The van der Waals surface area contributed by atoms with Gasteiger partial charge in [-0.3, -0.25) is 0 Å². The number of urea groups is 1. The van der Waals surface area contributed by atoms with Crippen LogP contribution in [0, 0.1) is 6.92 Å². The summed E-state index contributed by atoms with van der Waals surface area (Å²) in [4.78, 5) is 24.4. The topological polar surface area (TPSA) is 95.7 Å². The van der Waals surface area contributed by atoms with Gasteiger partial charge in [-0.15, -0.1) is 0 Å². The van der Waals surface area contributed by atoms with E-state index in [0.717, 1.165) is 0 Å². The first-order valence-electron chi connectivity index (χ1n) is 6.00. The Morgan fingerprint density at radius 1 is 1.53 bits per heavy atom. The molecule has 2 N–H and O–H groups in total. The highest BCUT2D eigenvalue weighted by atomic mass is 16.5. The van der Waals surface area contributed by atoms with Crippen molar-refractivity contribution in [2.24, 2.45) is 0 Å². The Bertz CT molecular complexity index is 467. The molecule has 0 saturated heterocycles. The van der Waals surface area contributed by atoms with E-state index in [9.17, 15) is 9.59 Å². The van der Waals surface area contributed by atoms with Crippen LogP contribution < -0.4 is 5.32 Å². The van der Waals surface area contributed by atoms with Crippen molar-refractivity contribution in [1.82, 2.24) is 15.4 Å². The average Bonchev–Trinajstić information content (AvgIpc) is 2.73. The Kier molecular flexibility index (Phi) is 4.52. The summed E-state index contributed by atoms with van der Waals surface area (Å²) in [5, 5.41) is 15.5. The van der Waals surface area contributed by atoms with Crippen LogP contribution in [0.5, 0.6) is 0 Å². The average molecular weight is 269 g/mol. The van der Waals surface area contributed by atoms with E-state index < -0.39 is 17.5 Å². The van der Waals surface area contributed by atoms with E-state index in [2.05, 4.69) is 10.5 Å². The molecule has 0 saturated carbocycles. The number of rotatable bonds is 5. The summed E-state index contributed by atoms with van der Waals surface area (Å²) >= 11 is 0. The molecule has 0 fully saturated rings. The number of likely N-dealkylation sites (N-methyl/N-ethyl adjacent to an activating group) is 1. The zero-order valence-electron chi connectivity index (χ0n) is 11.6. The third-order valence-electron chi connectivity index (χ3n) is 2.86. The van der Waals surface area contributed by atoms with Crippen molar-refractivity contribution in [3.8, 4) is 0 Å². The van der Waals surface area contributed by atoms with Gasteiger partial charge in [0.05, 0.1) is 6.54 Å². The molecule has 1 aromatic heterocycles. The summed E-state index contributed by atoms with van der Waals surface area (Å²) in [6.07, 6.45) is 0. The number of carbonyl (C=O) groups is 2. The normalized spacial score (nSPS) is 11.2. The number of hydrogen-bond acceptors (Lipinski definition) is 4. The predicted octanol–water partition coefficient (Wildman–Crippen LogP) is 1.38. The van der Waals surface area contributed by atoms with Crippen molar-refractivity contribution in [3.63, 3.8) is 0 Å². The number of hydrogen-bond donors (Lipinski definition) is 2. The zero-order chi connectivity index (χ0) is 14.6. The molecule has 1 aromatic rings. The minimum Gasteiger partial charge on any atom is -0.480 e. The van der Waals surface area contributed by atoms with Crippen molar-refractivity contribution < 1.29 is 19.2 Å². The number of carboxylic acids is 1. The maximum Gasteiger partial charge on any atom is 0.329 e. The molecule has 1 heterocycles. The monoisotopic (exact) mass is 269 g/mol. The first-order chi connectivity index (χ1) is 8.78. The van der Waals surface area contributed by atoms with Gasteiger partial charge in [-0.25, -0.2) is 9.59 Å². The van der Waals surface area contributed by atoms with Crippen LogP contribution in [0.2, 0.25) is 0 Å². The molecular weight excluding hydrogens is 250 g/mol. The molecule has 0 aliphatic rings. The molecule has 0 bridgehead atoms. The van der Waals surface area contributed by atoms with Crippen molar-refractivity contribution in [1.29, 1.82) is 0 Å². The molecule has 7 nitrogen and oxygen atoms in total. The summed E-state index contributed by atoms with van der Waals surface area (Å²) in [5.41, 5.74) is -0.673. The van der Waals surface area contributed by atoms with Crippen LogP contribution in [-0.4, -0.2) is 39.2 Å². The van der Waals surface area contributed by atoms with Crippen molar-refractivity contribution in [2.45, 2.75) is 39.8 Å². The van der Waals surface area contributed by atoms with Gasteiger partial charge in [-0.2, -0.15) is 0 Å². The molecule has 7 heteroatoms. The van der Waals surface area contributed by atoms with Crippen molar-refractivity contribution in [2.75, 3.05) is 6.54 Å². The van der Waals surface area contributed by atoms with Gasteiger partial charge in [0.1, 0.15) is 17.0 Å². The minimum absolute atomic E-state index is 0.197. The quantitative estimate of drug-likeness (QED) is 0.841. The number of aromatic nitrogens is 1. The Morgan fingerprint density at radius 3 is 2.58 bits per heavy atom. The molecule has 1 rings (SSSR count). The van der Waals surface area contributed by atoms with Crippen LogP contribution >= 0.6 is 0 Å². The molecule has 0 unspecified atom stereocenters. The van der Waals surface area contributed by atoms with Crippen LogP contribution in [0.4, 0.5) is 4.79 Å². The van der Waals surface area contributed by atoms with Crippen LogP contribution in [-0.2, 0) is 11.3 Å². The second kappa shape index (κ2) is 5.73. The summed E-state index contributed by atoms with van der Waals surface area (Å²) in [6.45, 7) is 6.94. The van der Waals surface area contributed by atoms with Crippen molar-refractivity contribution >= 4 is 12.0 Å². The maximum atomic E-state index is 12.0.